The highest BCUT2D eigenvalue weighted by Crippen LogP contribution is 2.23. The molecule has 1 unspecified atom stereocenters. The molecule has 1 fully saturated rings. The van der Waals surface area contributed by atoms with Gasteiger partial charge in [-0.25, -0.2) is 24.0 Å². The van der Waals surface area contributed by atoms with E-state index in [1.807, 2.05) is 30.3 Å². The molecular weight excluding hydrogens is 598 g/mol. The first-order valence-corrected chi connectivity index (χ1v) is 14.6. The largest absolute Gasteiger partial charge is 0.445 e. The van der Waals surface area contributed by atoms with Gasteiger partial charge in [0.25, 0.3) is 0 Å². The van der Waals surface area contributed by atoms with E-state index in [0.29, 0.717) is 5.69 Å². The molecule has 246 valence electrons. The minimum absolute atomic E-state index is 0.0551. The Hall–Kier alpha value is -5.28. The zero-order valence-corrected chi connectivity index (χ0v) is 26.8. The third-order valence-corrected chi connectivity index (χ3v) is 6.33. The number of aromatic nitrogens is 5. The van der Waals surface area contributed by atoms with Crippen LogP contribution in [-0.2, 0) is 32.2 Å². The van der Waals surface area contributed by atoms with Gasteiger partial charge in [0, 0.05) is 12.4 Å². The standard InChI is InChI=1S/C30H39N9O7/c1-19(39(28(43)46-30(5,6)7)25(37-15-11-14-31-37)35-27(42)45-29(2,3)4)21-16-32-38(36-21)17-22-23(24(40)33-22)34-26(41)44-18-20-12-9-8-10-13-20/h8-16,19,22-23H,17-18H2,1-7H3,(H,33,40)(H,34,41)/t19?,22-,23+/m1/s1. The highest BCUT2D eigenvalue weighted by atomic mass is 16.6. The molecule has 0 saturated carbocycles. The highest BCUT2D eigenvalue weighted by molar-refractivity contribution is 6.00. The van der Waals surface area contributed by atoms with E-state index in [0.717, 1.165) is 10.5 Å². The van der Waals surface area contributed by atoms with Crippen molar-refractivity contribution >= 4 is 30.1 Å². The number of carbonyl (C=O) groups is 4. The van der Waals surface area contributed by atoms with Crippen molar-refractivity contribution in [3.05, 3.63) is 66.2 Å². The first-order valence-electron chi connectivity index (χ1n) is 14.6. The smallest absolute Gasteiger partial charge is 0.437 e. The predicted molar refractivity (Wildman–Crippen MR) is 163 cm³/mol. The molecule has 4 rings (SSSR count). The van der Waals surface area contributed by atoms with E-state index in [4.69, 9.17) is 14.2 Å². The Bertz CT molecular complexity index is 1560. The number of nitrogens with one attached hydrogen (secondary N) is 2. The summed E-state index contributed by atoms with van der Waals surface area (Å²) in [6.45, 7) is 12.0. The van der Waals surface area contributed by atoms with Crippen LogP contribution in [0.25, 0.3) is 0 Å². The van der Waals surface area contributed by atoms with Crippen LogP contribution < -0.4 is 10.6 Å². The Morgan fingerprint density at radius 3 is 2.35 bits per heavy atom. The third-order valence-electron chi connectivity index (χ3n) is 6.33. The zero-order chi connectivity index (χ0) is 33.6. The second-order valence-corrected chi connectivity index (χ2v) is 12.5. The lowest BCUT2D eigenvalue weighted by molar-refractivity contribution is -0.132. The number of alkyl carbamates (subject to hydrolysis) is 1. The van der Waals surface area contributed by atoms with Crippen LogP contribution in [0.5, 0.6) is 0 Å². The maximum Gasteiger partial charge on any atom is 0.437 e. The molecule has 1 aliphatic heterocycles. The molecule has 0 aliphatic carbocycles. The SMILES string of the molecule is CC(c1cnn(C[C@H]2NC(=O)[C@H]2NC(=O)OCc2ccccc2)n1)N(C(=O)OC(C)(C)C)C(=NC(=O)OC(C)(C)C)n1cccn1. The summed E-state index contributed by atoms with van der Waals surface area (Å²) >= 11 is 0. The molecule has 3 heterocycles. The van der Waals surface area contributed by atoms with Gasteiger partial charge < -0.3 is 24.8 Å². The van der Waals surface area contributed by atoms with Crippen molar-refractivity contribution in [2.24, 2.45) is 4.99 Å². The van der Waals surface area contributed by atoms with Crippen LogP contribution in [-0.4, -0.2) is 83.1 Å². The van der Waals surface area contributed by atoms with Gasteiger partial charge in [0.2, 0.25) is 11.9 Å². The molecule has 3 aromatic rings. The Labute approximate surface area is 266 Å². The average Bonchev–Trinajstić information content (AvgIpc) is 3.66. The number of rotatable bonds is 7. The first-order chi connectivity index (χ1) is 21.6. The van der Waals surface area contributed by atoms with E-state index in [9.17, 15) is 19.2 Å². The molecule has 2 aromatic heterocycles. The quantitative estimate of drug-likeness (QED) is 0.168. The molecule has 46 heavy (non-hydrogen) atoms. The first kappa shape index (κ1) is 33.6. The van der Waals surface area contributed by atoms with Crippen LogP contribution in [0.3, 0.4) is 0 Å². The lowest BCUT2D eigenvalue weighted by Crippen LogP contribution is -2.70. The number of aliphatic imine (C=N–C) groups is 1. The molecule has 2 N–H and O–H groups in total. The van der Waals surface area contributed by atoms with E-state index >= 15 is 0 Å². The number of nitrogens with zero attached hydrogens (tertiary/aromatic N) is 7. The minimum Gasteiger partial charge on any atom is -0.445 e. The summed E-state index contributed by atoms with van der Waals surface area (Å²) in [5.41, 5.74) is -0.613. The van der Waals surface area contributed by atoms with Gasteiger partial charge in [0.15, 0.2) is 0 Å². The monoisotopic (exact) mass is 637 g/mol. The molecule has 16 heteroatoms. The van der Waals surface area contributed by atoms with Crippen molar-refractivity contribution in [2.75, 3.05) is 0 Å². The second kappa shape index (κ2) is 13.8. The Balaban J connectivity index is 1.52. The number of amides is 4. The molecule has 1 saturated heterocycles. The number of ether oxygens (including phenoxy) is 3. The lowest BCUT2D eigenvalue weighted by atomic mass is 9.99. The summed E-state index contributed by atoms with van der Waals surface area (Å²) in [5, 5.41) is 18.3. The maximum atomic E-state index is 13.6. The van der Waals surface area contributed by atoms with Crippen molar-refractivity contribution < 1.29 is 33.4 Å². The van der Waals surface area contributed by atoms with Crippen molar-refractivity contribution in [1.82, 2.24) is 40.3 Å². The van der Waals surface area contributed by atoms with Crippen molar-refractivity contribution in [1.29, 1.82) is 0 Å². The Kier molecular flexibility index (Phi) is 10.1. The molecule has 0 radical (unpaired) electrons. The van der Waals surface area contributed by atoms with Gasteiger partial charge in [-0.15, -0.1) is 4.99 Å². The lowest BCUT2D eigenvalue weighted by Gasteiger charge is -2.36. The number of β-lactam (4-membered cyclic amide) rings is 1. The number of benzene rings is 1. The fourth-order valence-corrected chi connectivity index (χ4v) is 4.24. The van der Waals surface area contributed by atoms with Crippen molar-refractivity contribution in [3.63, 3.8) is 0 Å². The van der Waals surface area contributed by atoms with Crippen LogP contribution in [0.1, 0.15) is 65.8 Å². The summed E-state index contributed by atoms with van der Waals surface area (Å²) in [5.74, 6) is -0.555. The summed E-state index contributed by atoms with van der Waals surface area (Å²) in [6.07, 6.45) is 1.92. The molecule has 16 nitrogen and oxygen atoms in total. The van der Waals surface area contributed by atoms with E-state index < -0.39 is 47.6 Å². The summed E-state index contributed by atoms with van der Waals surface area (Å²) in [6, 6.07) is 8.50. The molecular formula is C30H39N9O7. The Morgan fingerprint density at radius 1 is 1.04 bits per heavy atom. The fourth-order valence-electron chi connectivity index (χ4n) is 4.24. The number of carbonyl (C=O) groups excluding carboxylic acids is 4. The van der Waals surface area contributed by atoms with Gasteiger partial charge in [0.05, 0.1) is 24.8 Å². The molecule has 3 atom stereocenters. The van der Waals surface area contributed by atoms with Gasteiger partial charge in [-0.05, 0) is 60.1 Å². The molecule has 4 amide bonds. The van der Waals surface area contributed by atoms with Crippen LogP contribution in [0.15, 0.2) is 60.0 Å². The van der Waals surface area contributed by atoms with Gasteiger partial charge in [0.1, 0.15) is 29.5 Å². The van der Waals surface area contributed by atoms with Crippen LogP contribution in [0.4, 0.5) is 14.4 Å². The molecule has 0 bridgehead atoms. The number of hydrogen-bond donors (Lipinski definition) is 2. The van der Waals surface area contributed by atoms with E-state index in [2.05, 4.69) is 30.9 Å². The molecule has 0 spiro atoms. The summed E-state index contributed by atoms with van der Waals surface area (Å²) in [7, 11) is 0. The molecule has 1 aliphatic rings. The van der Waals surface area contributed by atoms with Crippen LogP contribution in [0, 0.1) is 0 Å². The Morgan fingerprint density at radius 2 is 1.74 bits per heavy atom. The maximum absolute atomic E-state index is 13.6. The van der Waals surface area contributed by atoms with Gasteiger partial charge in [-0.1, -0.05) is 30.3 Å². The van der Waals surface area contributed by atoms with Crippen molar-refractivity contribution in [3.8, 4) is 0 Å². The summed E-state index contributed by atoms with van der Waals surface area (Å²) in [4.78, 5) is 57.6. The predicted octanol–water partition coefficient (Wildman–Crippen LogP) is 3.41. The average molecular weight is 638 g/mol. The van der Waals surface area contributed by atoms with E-state index in [-0.39, 0.29) is 25.0 Å². The van der Waals surface area contributed by atoms with Crippen LogP contribution >= 0.6 is 0 Å². The van der Waals surface area contributed by atoms with Crippen LogP contribution in [0.2, 0.25) is 0 Å². The summed E-state index contributed by atoms with van der Waals surface area (Å²) < 4.78 is 17.5. The fraction of sp³-hybridized carbons (Fsp3) is 0.467. The van der Waals surface area contributed by atoms with Gasteiger partial charge in [-0.3, -0.25) is 4.79 Å². The normalized spacial score (nSPS) is 17.3. The zero-order valence-electron chi connectivity index (χ0n) is 26.8. The van der Waals surface area contributed by atoms with Crippen molar-refractivity contribution in [2.45, 2.75) is 90.9 Å². The second-order valence-electron chi connectivity index (χ2n) is 12.5. The minimum atomic E-state index is -0.941. The van der Waals surface area contributed by atoms with Gasteiger partial charge >= 0.3 is 18.3 Å². The number of hydrogen-bond acceptors (Lipinski definition) is 10. The molecule has 1 aromatic carbocycles. The van der Waals surface area contributed by atoms with E-state index in [1.54, 1.807) is 54.5 Å². The topological polar surface area (TPSA) is 184 Å². The van der Waals surface area contributed by atoms with E-state index in [1.165, 1.54) is 28.1 Å². The third kappa shape index (κ3) is 9.12. The highest BCUT2D eigenvalue weighted by Gasteiger charge is 2.42. The van der Waals surface area contributed by atoms with Gasteiger partial charge in [-0.2, -0.15) is 20.1 Å².